The summed E-state index contributed by atoms with van der Waals surface area (Å²) in [6.07, 6.45) is 2.85. The number of primary amides is 1. The first-order valence-electron chi connectivity index (χ1n) is 3.60. The Labute approximate surface area is 75.5 Å². The molecule has 0 spiro atoms. The molecule has 1 aromatic rings. The molecule has 0 radical (unpaired) electrons. The van der Waals surface area contributed by atoms with E-state index in [1.54, 1.807) is 0 Å². The highest BCUT2D eigenvalue weighted by atomic mass is 16.7. The minimum Gasteiger partial charge on any atom is -0.466 e. The predicted molar refractivity (Wildman–Crippen MR) is 45.3 cm³/mol. The van der Waals surface area contributed by atoms with Crippen molar-refractivity contribution < 1.29 is 14.3 Å². The van der Waals surface area contributed by atoms with Gasteiger partial charge in [0.25, 0.3) is 0 Å². The summed E-state index contributed by atoms with van der Waals surface area (Å²) in [5, 5.41) is 0. The molecular weight excluding hydrogens is 172 g/mol. The molecule has 1 amide bonds. The van der Waals surface area contributed by atoms with Crippen LogP contribution in [0.3, 0.4) is 0 Å². The molecule has 0 saturated carbocycles. The van der Waals surface area contributed by atoms with Gasteiger partial charge >= 0.3 is 0 Å². The van der Waals surface area contributed by atoms with E-state index in [2.05, 4.69) is 9.72 Å². The summed E-state index contributed by atoms with van der Waals surface area (Å²) in [5.74, 6) is -0.0754. The third-order valence-corrected chi connectivity index (χ3v) is 1.34. The number of hydrogen-bond donors (Lipinski definition) is 1. The van der Waals surface area contributed by atoms with E-state index in [0.717, 1.165) is 0 Å². The minimum atomic E-state index is -0.532. The van der Waals surface area contributed by atoms with Crippen molar-refractivity contribution in [2.75, 3.05) is 13.9 Å². The molecule has 0 aromatic carbocycles. The van der Waals surface area contributed by atoms with Crippen LogP contribution in [-0.4, -0.2) is 24.8 Å². The second-order valence-electron chi connectivity index (χ2n) is 2.32. The van der Waals surface area contributed by atoms with Crippen LogP contribution in [0.2, 0.25) is 0 Å². The zero-order valence-electron chi connectivity index (χ0n) is 7.19. The van der Waals surface area contributed by atoms with Gasteiger partial charge in [0.15, 0.2) is 6.79 Å². The van der Waals surface area contributed by atoms with Gasteiger partial charge in [0.2, 0.25) is 5.91 Å². The maximum absolute atomic E-state index is 10.7. The van der Waals surface area contributed by atoms with Crippen molar-refractivity contribution >= 4 is 5.91 Å². The minimum absolute atomic E-state index is 0.115. The van der Waals surface area contributed by atoms with E-state index in [-0.39, 0.29) is 6.79 Å². The smallest absolute Gasteiger partial charge is 0.250 e. The van der Waals surface area contributed by atoms with Crippen molar-refractivity contribution in [3.8, 4) is 5.75 Å². The number of rotatable bonds is 4. The van der Waals surface area contributed by atoms with Gasteiger partial charge in [-0.1, -0.05) is 0 Å². The monoisotopic (exact) mass is 182 g/mol. The van der Waals surface area contributed by atoms with Gasteiger partial charge in [0.05, 0.1) is 11.8 Å². The largest absolute Gasteiger partial charge is 0.466 e. The van der Waals surface area contributed by atoms with E-state index in [0.29, 0.717) is 11.3 Å². The molecule has 0 bridgehead atoms. The summed E-state index contributed by atoms with van der Waals surface area (Å²) >= 11 is 0. The highest BCUT2D eigenvalue weighted by molar-refractivity contribution is 5.92. The lowest BCUT2D eigenvalue weighted by molar-refractivity contribution is 0.0507. The number of ether oxygens (including phenoxy) is 2. The van der Waals surface area contributed by atoms with E-state index >= 15 is 0 Å². The predicted octanol–water partition coefficient (Wildman–Crippen LogP) is 0.163. The Morgan fingerprint density at radius 1 is 1.62 bits per heavy atom. The van der Waals surface area contributed by atoms with Crippen molar-refractivity contribution in [2.45, 2.75) is 0 Å². The van der Waals surface area contributed by atoms with Gasteiger partial charge < -0.3 is 15.2 Å². The maximum Gasteiger partial charge on any atom is 0.250 e. The number of carbonyl (C=O) groups excluding carboxylic acids is 1. The molecule has 1 rings (SSSR count). The molecule has 0 aliphatic heterocycles. The lowest BCUT2D eigenvalue weighted by atomic mass is 10.3. The van der Waals surface area contributed by atoms with E-state index in [1.165, 1.54) is 25.6 Å². The van der Waals surface area contributed by atoms with Crippen LogP contribution in [0.1, 0.15) is 10.4 Å². The van der Waals surface area contributed by atoms with Gasteiger partial charge in [-0.3, -0.25) is 9.78 Å². The number of aromatic nitrogens is 1. The fourth-order valence-electron chi connectivity index (χ4n) is 0.759. The fourth-order valence-corrected chi connectivity index (χ4v) is 0.759. The Kier molecular flexibility index (Phi) is 3.22. The Hall–Kier alpha value is -1.62. The summed E-state index contributed by atoms with van der Waals surface area (Å²) in [6, 6.07) is 1.51. The Bertz CT molecular complexity index is 301. The first-order chi connectivity index (χ1) is 6.24. The second-order valence-corrected chi connectivity index (χ2v) is 2.32. The van der Waals surface area contributed by atoms with Gasteiger partial charge in [-0.05, 0) is 6.07 Å². The Morgan fingerprint density at radius 3 is 3.00 bits per heavy atom. The summed E-state index contributed by atoms with van der Waals surface area (Å²) < 4.78 is 9.73. The number of nitrogens with two attached hydrogens (primary N) is 1. The van der Waals surface area contributed by atoms with E-state index in [1.807, 2.05) is 0 Å². The van der Waals surface area contributed by atoms with Crippen LogP contribution in [0.15, 0.2) is 18.5 Å². The van der Waals surface area contributed by atoms with Crippen LogP contribution in [0.4, 0.5) is 0 Å². The summed E-state index contributed by atoms with van der Waals surface area (Å²) in [7, 11) is 1.51. The molecule has 0 atom stereocenters. The number of pyridine rings is 1. The number of carbonyl (C=O) groups is 1. The third kappa shape index (κ3) is 2.72. The lowest BCUT2D eigenvalue weighted by Crippen LogP contribution is -2.11. The van der Waals surface area contributed by atoms with Crippen molar-refractivity contribution in [1.29, 1.82) is 0 Å². The van der Waals surface area contributed by atoms with Crippen LogP contribution >= 0.6 is 0 Å². The van der Waals surface area contributed by atoms with Crippen molar-refractivity contribution in [3.05, 3.63) is 24.0 Å². The van der Waals surface area contributed by atoms with E-state index < -0.39 is 5.91 Å². The van der Waals surface area contributed by atoms with Gasteiger partial charge in [0.1, 0.15) is 5.75 Å². The highest BCUT2D eigenvalue weighted by Gasteiger charge is 2.02. The highest BCUT2D eigenvalue weighted by Crippen LogP contribution is 2.10. The normalized spacial score (nSPS) is 9.62. The molecule has 1 heterocycles. The molecule has 70 valence electrons. The SMILES string of the molecule is COCOc1cncc(C(N)=O)c1. The van der Waals surface area contributed by atoms with Crippen LogP contribution in [-0.2, 0) is 4.74 Å². The summed E-state index contributed by atoms with van der Waals surface area (Å²) in [4.78, 5) is 14.5. The summed E-state index contributed by atoms with van der Waals surface area (Å²) in [6.45, 7) is 0.115. The average Bonchev–Trinajstić information content (AvgIpc) is 2.15. The van der Waals surface area contributed by atoms with Gasteiger partial charge in [-0.2, -0.15) is 0 Å². The zero-order chi connectivity index (χ0) is 9.68. The van der Waals surface area contributed by atoms with Crippen molar-refractivity contribution in [3.63, 3.8) is 0 Å². The van der Waals surface area contributed by atoms with Crippen LogP contribution in [0.25, 0.3) is 0 Å². The number of nitrogens with zero attached hydrogens (tertiary/aromatic N) is 1. The zero-order valence-corrected chi connectivity index (χ0v) is 7.19. The van der Waals surface area contributed by atoms with Crippen LogP contribution < -0.4 is 10.5 Å². The number of hydrogen-bond acceptors (Lipinski definition) is 4. The molecule has 0 aliphatic rings. The second kappa shape index (κ2) is 4.42. The van der Waals surface area contributed by atoms with E-state index in [9.17, 15) is 4.79 Å². The molecule has 2 N–H and O–H groups in total. The fraction of sp³-hybridized carbons (Fsp3) is 0.250. The lowest BCUT2D eigenvalue weighted by Gasteiger charge is -2.03. The summed E-state index contributed by atoms with van der Waals surface area (Å²) in [5.41, 5.74) is 5.36. The molecular formula is C8H10N2O3. The van der Waals surface area contributed by atoms with Crippen molar-refractivity contribution in [1.82, 2.24) is 4.98 Å². The average molecular weight is 182 g/mol. The van der Waals surface area contributed by atoms with Gasteiger partial charge in [-0.25, -0.2) is 0 Å². The van der Waals surface area contributed by atoms with Gasteiger partial charge in [-0.15, -0.1) is 0 Å². The Morgan fingerprint density at radius 2 is 2.38 bits per heavy atom. The van der Waals surface area contributed by atoms with E-state index in [4.69, 9.17) is 10.5 Å². The third-order valence-electron chi connectivity index (χ3n) is 1.34. The molecule has 13 heavy (non-hydrogen) atoms. The molecule has 5 heteroatoms. The first kappa shape index (κ1) is 9.47. The molecule has 1 aromatic heterocycles. The molecule has 0 unspecified atom stereocenters. The first-order valence-corrected chi connectivity index (χ1v) is 3.60. The number of amides is 1. The molecule has 0 saturated heterocycles. The van der Waals surface area contributed by atoms with Crippen LogP contribution in [0, 0.1) is 0 Å². The maximum atomic E-state index is 10.7. The van der Waals surface area contributed by atoms with Crippen LogP contribution in [0.5, 0.6) is 5.75 Å². The topological polar surface area (TPSA) is 74.4 Å². The molecule has 0 fully saturated rings. The quantitative estimate of drug-likeness (QED) is 0.673. The molecule has 0 aliphatic carbocycles. The molecule has 5 nitrogen and oxygen atoms in total. The Balaban J connectivity index is 2.73. The van der Waals surface area contributed by atoms with Crippen molar-refractivity contribution in [2.24, 2.45) is 5.73 Å². The standard InChI is InChI=1S/C8H10N2O3/c1-12-5-13-7-2-6(8(9)11)3-10-4-7/h2-4H,5H2,1H3,(H2,9,11). The van der Waals surface area contributed by atoms with Gasteiger partial charge in [0, 0.05) is 13.3 Å². The number of methoxy groups -OCH3 is 1.